The molecule has 0 N–H and O–H groups in total. The quantitative estimate of drug-likeness (QED) is 0.836. The second-order valence-corrected chi connectivity index (χ2v) is 6.50. The molecular weight excluding hydrogens is 246 g/mol. The molecule has 1 saturated heterocycles. The van der Waals surface area contributed by atoms with Gasteiger partial charge in [-0.05, 0) is 26.2 Å². The third-order valence-electron chi connectivity index (χ3n) is 3.51. The lowest BCUT2D eigenvalue weighted by atomic mass is 10.1. The van der Waals surface area contributed by atoms with Crippen LogP contribution in [0.4, 0.5) is 5.82 Å². The van der Waals surface area contributed by atoms with E-state index >= 15 is 0 Å². The molecule has 0 atom stereocenters. The van der Waals surface area contributed by atoms with Gasteiger partial charge in [0.05, 0.1) is 0 Å². The fourth-order valence-electron chi connectivity index (χ4n) is 2.33. The normalized spacial score (nSPS) is 23.9. The summed E-state index contributed by atoms with van der Waals surface area (Å²) in [6.07, 6.45) is 2.92. The van der Waals surface area contributed by atoms with E-state index in [1.54, 1.807) is 0 Å². The van der Waals surface area contributed by atoms with Crippen molar-refractivity contribution >= 4 is 16.6 Å². The Morgan fingerprint density at radius 2 is 2.06 bits per heavy atom. The minimum absolute atomic E-state index is 0.460. The Kier molecular flexibility index (Phi) is 4.32. The Hall–Kier alpha value is -0.970. The van der Waals surface area contributed by atoms with Crippen LogP contribution in [0.25, 0.3) is 0 Å². The topological polar surface area (TPSA) is 46.1 Å². The van der Waals surface area contributed by atoms with Gasteiger partial charge in [-0.1, -0.05) is 6.92 Å². The molecule has 0 saturated carbocycles. The lowest BCUT2D eigenvalue weighted by molar-refractivity contribution is 0.565. The van der Waals surface area contributed by atoms with Gasteiger partial charge in [-0.25, -0.2) is 9.97 Å². The molecule has 100 valence electrons. The summed E-state index contributed by atoms with van der Waals surface area (Å²) in [5, 5.41) is 0. The summed E-state index contributed by atoms with van der Waals surface area (Å²) >= 11 is 0. The van der Waals surface area contributed by atoms with Crippen molar-refractivity contribution in [1.82, 2.24) is 9.97 Å². The van der Waals surface area contributed by atoms with E-state index in [9.17, 15) is 4.21 Å². The van der Waals surface area contributed by atoms with Gasteiger partial charge in [0, 0.05) is 47.2 Å². The Morgan fingerprint density at radius 3 is 2.67 bits per heavy atom. The van der Waals surface area contributed by atoms with Crippen molar-refractivity contribution in [3.63, 3.8) is 0 Å². The maximum Gasteiger partial charge on any atom is 0.132 e. The Morgan fingerprint density at radius 1 is 1.39 bits per heavy atom. The first-order chi connectivity index (χ1) is 8.60. The summed E-state index contributed by atoms with van der Waals surface area (Å²) in [6.45, 7) is 4.04. The minimum atomic E-state index is -0.604. The fraction of sp³-hybridized carbons (Fsp3) is 0.692. The van der Waals surface area contributed by atoms with E-state index in [2.05, 4.69) is 34.9 Å². The molecule has 1 fully saturated rings. The average Bonchev–Trinajstić information content (AvgIpc) is 2.38. The van der Waals surface area contributed by atoms with Crippen molar-refractivity contribution in [1.29, 1.82) is 0 Å². The minimum Gasteiger partial charge on any atom is -0.357 e. The van der Waals surface area contributed by atoms with Crippen LogP contribution in [0.1, 0.15) is 31.3 Å². The highest BCUT2D eigenvalue weighted by atomic mass is 32.2. The van der Waals surface area contributed by atoms with Gasteiger partial charge in [-0.2, -0.15) is 0 Å². The average molecular weight is 267 g/mol. The molecule has 0 spiro atoms. The molecular formula is C13H21N3OS. The van der Waals surface area contributed by atoms with Crippen molar-refractivity contribution < 1.29 is 4.21 Å². The predicted octanol–water partition coefficient (Wildman–Crippen LogP) is 1.69. The van der Waals surface area contributed by atoms with Gasteiger partial charge >= 0.3 is 0 Å². The van der Waals surface area contributed by atoms with Crippen molar-refractivity contribution in [2.24, 2.45) is 0 Å². The predicted molar refractivity (Wildman–Crippen MR) is 75.4 cm³/mol. The number of hydrogen-bond donors (Lipinski definition) is 0. The molecule has 0 aliphatic carbocycles. The molecule has 0 amide bonds. The number of aromatic nitrogens is 2. The second-order valence-electron chi connectivity index (χ2n) is 4.81. The van der Waals surface area contributed by atoms with Crippen molar-refractivity contribution in [2.45, 2.75) is 39.2 Å². The number of nitrogens with zero attached hydrogens (tertiary/aromatic N) is 3. The van der Waals surface area contributed by atoms with E-state index in [-0.39, 0.29) is 0 Å². The number of rotatable bonds is 3. The van der Waals surface area contributed by atoms with Crippen LogP contribution in [-0.2, 0) is 17.2 Å². The number of anilines is 1. The highest BCUT2D eigenvalue weighted by Gasteiger charge is 2.22. The first-order valence-corrected chi connectivity index (χ1v) is 8.01. The molecule has 0 bridgehead atoms. The maximum atomic E-state index is 11.4. The molecule has 1 aromatic rings. The van der Waals surface area contributed by atoms with Gasteiger partial charge in [-0.3, -0.25) is 4.21 Å². The zero-order valence-corrected chi connectivity index (χ0v) is 12.2. The van der Waals surface area contributed by atoms with E-state index < -0.39 is 10.8 Å². The molecule has 1 aromatic heterocycles. The lowest BCUT2D eigenvalue weighted by Crippen LogP contribution is -2.38. The third-order valence-corrected chi connectivity index (χ3v) is 4.89. The van der Waals surface area contributed by atoms with Gasteiger partial charge in [-0.15, -0.1) is 0 Å². The van der Waals surface area contributed by atoms with Crippen LogP contribution >= 0.6 is 0 Å². The summed E-state index contributed by atoms with van der Waals surface area (Å²) in [4.78, 5) is 11.1. The van der Waals surface area contributed by atoms with E-state index in [4.69, 9.17) is 0 Å². The van der Waals surface area contributed by atoms with E-state index in [1.807, 2.05) is 6.92 Å². The van der Waals surface area contributed by atoms with Crippen LogP contribution in [-0.4, -0.2) is 38.8 Å². The molecule has 5 heteroatoms. The van der Waals surface area contributed by atoms with Crippen molar-refractivity contribution in [2.75, 3.05) is 23.5 Å². The smallest absolute Gasteiger partial charge is 0.132 e. The Labute approximate surface area is 111 Å². The van der Waals surface area contributed by atoms with Gasteiger partial charge in [0.15, 0.2) is 0 Å². The molecule has 0 aromatic carbocycles. The summed E-state index contributed by atoms with van der Waals surface area (Å²) in [6, 6.07) is 2.53. The molecule has 4 nitrogen and oxygen atoms in total. The third kappa shape index (κ3) is 3.07. The van der Waals surface area contributed by atoms with E-state index in [1.165, 1.54) is 0 Å². The number of hydrogen-bond acceptors (Lipinski definition) is 4. The summed E-state index contributed by atoms with van der Waals surface area (Å²) in [7, 11) is 1.48. The Balaban J connectivity index is 2.15. The van der Waals surface area contributed by atoms with Gasteiger partial charge < -0.3 is 4.90 Å². The number of aryl methyl sites for hydroxylation is 2. The van der Waals surface area contributed by atoms with Gasteiger partial charge in [0.25, 0.3) is 0 Å². The Bertz CT molecular complexity index is 440. The maximum absolute atomic E-state index is 11.4. The van der Waals surface area contributed by atoms with Crippen LogP contribution in [0, 0.1) is 6.92 Å². The largest absolute Gasteiger partial charge is 0.357 e. The molecule has 0 unspecified atom stereocenters. The fourth-order valence-corrected chi connectivity index (χ4v) is 3.60. The summed E-state index contributed by atoms with van der Waals surface area (Å²) < 4.78 is 11.4. The monoisotopic (exact) mass is 267 g/mol. The summed E-state index contributed by atoms with van der Waals surface area (Å²) in [5.41, 5.74) is 1.09. The van der Waals surface area contributed by atoms with Crippen LogP contribution in [0.2, 0.25) is 0 Å². The highest BCUT2D eigenvalue weighted by Crippen LogP contribution is 2.21. The van der Waals surface area contributed by atoms with E-state index in [0.717, 1.165) is 48.1 Å². The zero-order valence-electron chi connectivity index (χ0n) is 11.3. The van der Waals surface area contributed by atoms with Crippen LogP contribution in [0.15, 0.2) is 6.07 Å². The van der Waals surface area contributed by atoms with Gasteiger partial charge in [0.1, 0.15) is 11.6 Å². The summed E-state index contributed by atoms with van der Waals surface area (Å²) in [5.74, 6) is 3.46. The standard InChI is InChI=1S/C13H21N3OS/c1-4-11-9-13(15-10(2)14-11)16(3)12-5-7-18(17)8-6-12/h9,12H,4-8H2,1-3H3. The molecule has 0 radical (unpaired) electrons. The van der Waals surface area contributed by atoms with Crippen LogP contribution < -0.4 is 4.90 Å². The molecule has 2 rings (SSSR count). The second kappa shape index (κ2) is 5.78. The molecule has 18 heavy (non-hydrogen) atoms. The molecule has 1 aliphatic heterocycles. The van der Waals surface area contributed by atoms with Gasteiger partial charge in [0.2, 0.25) is 0 Å². The highest BCUT2D eigenvalue weighted by molar-refractivity contribution is 7.85. The lowest BCUT2D eigenvalue weighted by Gasteiger charge is -2.32. The molecule has 1 aliphatic rings. The van der Waals surface area contributed by atoms with Crippen LogP contribution in [0.3, 0.4) is 0 Å². The van der Waals surface area contributed by atoms with Crippen LogP contribution in [0.5, 0.6) is 0 Å². The SMILES string of the molecule is CCc1cc(N(C)C2CCS(=O)CC2)nc(C)n1. The van der Waals surface area contributed by atoms with E-state index in [0.29, 0.717) is 6.04 Å². The molecule has 2 heterocycles. The first-order valence-electron chi connectivity index (χ1n) is 6.52. The zero-order chi connectivity index (χ0) is 13.1. The van der Waals surface area contributed by atoms with Crippen molar-refractivity contribution in [3.8, 4) is 0 Å². The first kappa shape index (κ1) is 13.5. The van der Waals surface area contributed by atoms with Crippen molar-refractivity contribution in [3.05, 3.63) is 17.6 Å².